The number of rotatable bonds is 8. The first-order chi connectivity index (χ1) is 15.2. The molecule has 0 aliphatic carbocycles. The molecule has 0 atom stereocenters. The van der Waals surface area contributed by atoms with Crippen LogP contribution in [0, 0.1) is 24.0 Å². The molecular weight excluding hydrogens is 420 g/mol. The lowest BCUT2D eigenvalue weighted by atomic mass is 10.1. The fourth-order valence-electron chi connectivity index (χ4n) is 3.03. The maximum Gasteiger partial charge on any atom is 0.306 e. The number of nitro benzene ring substituents is 1. The summed E-state index contributed by atoms with van der Waals surface area (Å²) in [6.45, 7) is 3.69. The molecule has 0 saturated heterocycles. The van der Waals surface area contributed by atoms with Crippen molar-refractivity contribution in [1.82, 2.24) is 0 Å². The van der Waals surface area contributed by atoms with Crippen LogP contribution in [0.4, 0.5) is 11.4 Å². The minimum atomic E-state index is -0.736. The van der Waals surface area contributed by atoms with Crippen LogP contribution in [0.1, 0.15) is 34.3 Å². The molecule has 0 spiro atoms. The van der Waals surface area contributed by atoms with E-state index >= 15 is 0 Å². The van der Waals surface area contributed by atoms with E-state index in [9.17, 15) is 24.5 Å². The first kappa shape index (κ1) is 22.7. The van der Waals surface area contributed by atoms with E-state index in [2.05, 4.69) is 5.32 Å². The Morgan fingerprint density at radius 1 is 1.03 bits per heavy atom. The largest absolute Gasteiger partial charge is 0.486 e. The van der Waals surface area contributed by atoms with E-state index in [0.717, 1.165) is 5.56 Å². The van der Waals surface area contributed by atoms with Crippen molar-refractivity contribution in [3.8, 4) is 11.5 Å². The number of carbonyl (C=O) groups excluding carboxylic acids is 3. The molecule has 32 heavy (non-hydrogen) atoms. The van der Waals surface area contributed by atoms with Gasteiger partial charge in [-0.1, -0.05) is 0 Å². The Balaban J connectivity index is 1.49. The summed E-state index contributed by atoms with van der Waals surface area (Å²) in [4.78, 5) is 46.9. The highest BCUT2D eigenvalue weighted by Gasteiger charge is 2.19. The molecule has 0 bridgehead atoms. The van der Waals surface area contributed by atoms with E-state index in [1.165, 1.54) is 12.1 Å². The third kappa shape index (κ3) is 5.60. The van der Waals surface area contributed by atoms with Gasteiger partial charge in [-0.05, 0) is 49.2 Å². The highest BCUT2D eigenvalue weighted by molar-refractivity contribution is 5.98. The Hall–Kier alpha value is -3.95. The predicted octanol–water partition coefficient (Wildman–Crippen LogP) is 3.13. The molecule has 10 heteroatoms. The number of hydrogen-bond donors (Lipinski definition) is 1. The number of amides is 1. The summed E-state index contributed by atoms with van der Waals surface area (Å²) in [5.41, 5.74) is 1.62. The zero-order valence-corrected chi connectivity index (χ0v) is 17.6. The van der Waals surface area contributed by atoms with Crippen molar-refractivity contribution in [2.75, 3.05) is 25.1 Å². The third-order valence-electron chi connectivity index (χ3n) is 4.87. The van der Waals surface area contributed by atoms with E-state index in [1.807, 2.05) is 0 Å². The van der Waals surface area contributed by atoms with Gasteiger partial charge in [0.25, 0.3) is 11.6 Å². The summed E-state index contributed by atoms with van der Waals surface area (Å²) < 4.78 is 15.7. The third-order valence-corrected chi connectivity index (χ3v) is 4.87. The fraction of sp³-hybridized carbons (Fsp3) is 0.318. The molecule has 168 valence electrons. The Labute approximate surface area is 183 Å². The average Bonchev–Trinajstić information content (AvgIpc) is 2.77. The Bertz CT molecular complexity index is 1080. The van der Waals surface area contributed by atoms with Crippen molar-refractivity contribution in [2.24, 2.45) is 0 Å². The van der Waals surface area contributed by atoms with Crippen LogP contribution in [0.25, 0.3) is 0 Å². The topological polar surface area (TPSA) is 134 Å². The number of Topliss-reactive ketones (excluding diaryl/α,β-unsaturated/α-hetero) is 1. The second-order valence-electron chi connectivity index (χ2n) is 7.20. The molecule has 10 nitrogen and oxygen atoms in total. The number of benzene rings is 2. The van der Waals surface area contributed by atoms with Gasteiger partial charge in [-0.2, -0.15) is 0 Å². The van der Waals surface area contributed by atoms with Crippen LogP contribution in [0.3, 0.4) is 0 Å². The van der Waals surface area contributed by atoms with Gasteiger partial charge in [0.15, 0.2) is 23.9 Å². The molecule has 0 saturated carbocycles. The summed E-state index contributed by atoms with van der Waals surface area (Å²) in [7, 11) is 0. The first-order valence-corrected chi connectivity index (χ1v) is 9.88. The summed E-state index contributed by atoms with van der Waals surface area (Å²) in [5, 5.41) is 13.6. The fourth-order valence-corrected chi connectivity index (χ4v) is 3.03. The SMILES string of the molecule is Cc1cc(NC(=O)COC(=O)CCC(=O)c2ccc3c(c2)OCCO3)c([N+](=O)[O-])cc1C. The highest BCUT2D eigenvalue weighted by atomic mass is 16.6. The van der Waals surface area contributed by atoms with Crippen molar-refractivity contribution in [1.29, 1.82) is 0 Å². The number of carbonyl (C=O) groups is 3. The summed E-state index contributed by atoms with van der Waals surface area (Å²) in [6, 6.07) is 7.63. The molecule has 0 aromatic heterocycles. The van der Waals surface area contributed by atoms with Gasteiger partial charge in [0.1, 0.15) is 18.9 Å². The number of esters is 1. The van der Waals surface area contributed by atoms with Crippen LogP contribution in [0.15, 0.2) is 30.3 Å². The average molecular weight is 442 g/mol. The van der Waals surface area contributed by atoms with Gasteiger partial charge in [-0.3, -0.25) is 24.5 Å². The molecule has 1 aliphatic rings. The molecule has 0 radical (unpaired) electrons. The molecule has 1 amide bonds. The van der Waals surface area contributed by atoms with E-state index in [4.69, 9.17) is 14.2 Å². The van der Waals surface area contributed by atoms with Crippen molar-refractivity contribution >= 4 is 29.0 Å². The van der Waals surface area contributed by atoms with Gasteiger partial charge >= 0.3 is 5.97 Å². The lowest BCUT2D eigenvalue weighted by Gasteiger charge is -2.18. The maximum atomic E-state index is 12.3. The van der Waals surface area contributed by atoms with Crippen LogP contribution in [0.2, 0.25) is 0 Å². The number of hydrogen-bond acceptors (Lipinski definition) is 8. The Morgan fingerprint density at radius 2 is 1.72 bits per heavy atom. The van der Waals surface area contributed by atoms with Crippen LogP contribution >= 0.6 is 0 Å². The number of nitro groups is 1. The number of ketones is 1. The lowest BCUT2D eigenvalue weighted by Crippen LogP contribution is -2.21. The maximum absolute atomic E-state index is 12.3. The van der Waals surface area contributed by atoms with Crippen LogP contribution < -0.4 is 14.8 Å². The second kappa shape index (κ2) is 9.90. The molecule has 2 aromatic rings. The monoisotopic (exact) mass is 442 g/mol. The van der Waals surface area contributed by atoms with E-state index < -0.39 is 23.4 Å². The zero-order chi connectivity index (χ0) is 23.3. The van der Waals surface area contributed by atoms with E-state index in [0.29, 0.717) is 35.8 Å². The lowest BCUT2D eigenvalue weighted by molar-refractivity contribution is -0.384. The van der Waals surface area contributed by atoms with Crippen LogP contribution in [-0.4, -0.2) is 42.4 Å². The quantitative estimate of drug-likeness (QED) is 0.285. The number of nitrogens with one attached hydrogen (secondary N) is 1. The number of anilines is 1. The minimum absolute atomic E-state index is 0.0212. The van der Waals surface area contributed by atoms with Crippen molar-refractivity contribution in [2.45, 2.75) is 26.7 Å². The van der Waals surface area contributed by atoms with Crippen molar-refractivity contribution < 1.29 is 33.5 Å². The van der Waals surface area contributed by atoms with Crippen LogP contribution in [0.5, 0.6) is 11.5 Å². The van der Waals surface area contributed by atoms with Gasteiger partial charge in [-0.25, -0.2) is 0 Å². The Morgan fingerprint density at radius 3 is 2.44 bits per heavy atom. The highest BCUT2D eigenvalue weighted by Crippen LogP contribution is 2.31. The van der Waals surface area contributed by atoms with E-state index in [-0.39, 0.29) is 30.0 Å². The molecule has 3 rings (SSSR count). The predicted molar refractivity (Wildman–Crippen MR) is 113 cm³/mol. The smallest absolute Gasteiger partial charge is 0.306 e. The number of fused-ring (bicyclic) bond motifs is 1. The number of nitrogens with zero attached hydrogens (tertiary/aromatic N) is 1. The first-order valence-electron chi connectivity index (χ1n) is 9.88. The summed E-state index contributed by atoms with van der Waals surface area (Å²) >= 11 is 0. The minimum Gasteiger partial charge on any atom is -0.486 e. The molecular formula is C22H22N2O8. The van der Waals surface area contributed by atoms with Gasteiger partial charge in [0.05, 0.1) is 11.3 Å². The molecule has 1 heterocycles. The van der Waals surface area contributed by atoms with Crippen molar-refractivity contribution in [3.05, 3.63) is 57.1 Å². The Kier molecular flexibility index (Phi) is 7.04. The molecule has 1 aliphatic heterocycles. The van der Waals surface area contributed by atoms with Crippen LogP contribution in [-0.2, 0) is 14.3 Å². The number of aryl methyl sites for hydroxylation is 2. The zero-order valence-electron chi connectivity index (χ0n) is 17.6. The van der Waals surface area contributed by atoms with Gasteiger partial charge < -0.3 is 19.5 Å². The summed E-state index contributed by atoms with van der Waals surface area (Å²) in [6.07, 6.45) is -0.326. The van der Waals surface area contributed by atoms with Gasteiger partial charge in [0, 0.05) is 18.1 Å². The second-order valence-corrected chi connectivity index (χ2v) is 7.20. The summed E-state index contributed by atoms with van der Waals surface area (Å²) in [5.74, 6) is -0.707. The van der Waals surface area contributed by atoms with Gasteiger partial charge in [0.2, 0.25) is 0 Å². The molecule has 0 fully saturated rings. The van der Waals surface area contributed by atoms with Crippen molar-refractivity contribution in [3.63, 3.8) is 0 Å². The molecule has 1 N–H and O–H groups in total. The molecule has 2 aromatic carbocycles. The standard InChI is InChI=1S/C22H22N2O8/c1-13-9-16(17(24(28)29)10-14(13)2)23-21(26)12-32-22(27)6-4-18(25)15-3-5-19-20(11-15)31-8-7-30-19/h3,5,9-11H,4,6-8,12H2,1-2H3,(H,23,26). The van der Waals surface area contributed by atoms with Gasteiger partial charge in [-0.15, -0.1) is 0 Å². The van der Waals surface area contributed by atoms with E-state index in [1.54, 1.807) is 32.0 Å². The normalized spacial score (nSPS) is 12.1. The molecule has 0 unspecified atom stereocenters. The number of ether oxygens (including phenoxy) is 3.